The van der Waals surface area contributed by atoms with Crippen molar-refractivity contribution in [1.82, 2.24) is 4.98 Å². The lowest BCUT2D eigenvalue weighted by Gasteiger charge is -2.23. The number of hydrogen-bond donors (Lipinski definition) is 2. The van der Waals surface area contributed by atoms with Crippen LogP contribution in [0.3, 0.4) is 0 Å². The minimum Gasteiger partial charge on any atom is -0.424 e. The molecule has 0 unspecified atom stereocenters. The first-order valence-corrected chi connectivity index (χ1v) is 7.38. The topological polar surface area (TPSA) is 116 Å². The summed E-state index contributed by atoms with van der Waals surface area (Å²) in [5.74, 6) is 0.675. The fourth-order valence-electron chi connectivity index (χ4n) is 2.14. The van der Waals surface area contributed by atoms with E-state index >= 15 is 0 Å². The molecule has 2 aromatic rings. The van der Waals surface area contributed by atoms with E-state index in [9.17, 15) is 4.79 Å². The van der Waals surface area contributed by atoms with Crippen molar-refractivity contribution >= 4 is 29.0 Å². The molecule has 1 aromatic heterocycles. The Labute approximate surface area is 133 Å². The smallest absolute Gasteiger partial charge is 0.314 e. The number of pyridine rings is 1. The first kappa shape index (κ1) is 15.0. The highest BCUT2D eigenvalue weighted by atomic mass is 16.5. The Morgan fingerprint density at radius 3 is 2.52 bits per heavy atom. The van der Waals surface area contributed by atoms with Crippen molar-refractivity contribution in [2.24, 2.45) is 16.1 Å². The van der Waals surface area contributed by atoms with Gasteiger partial charge in [0.1, 0.15) is 17.2 Å². The third-order valence-electron chi connectivity index (χ3n) is 3.70. The highest BCUT2D eigenvalue weighted by Crippen LogP contribution is 2.33. The number of nitrogen functional groups attached to an aromatic ring is 2. The lowest BCUT2D eigenvalue weighted by atomic mass is 9.86. The van der Waals surface area contributed by atoms with E-state index in [0.717, 1.165) is 19.3 Å². The molecular weight excluding hydrogens is 294 g/mol. The van der Waals surface area contributed by atoms with Gasteiger partial charge in [-0.05, 0) is 37.1 Å². The normalized spacial score (nSPS) is 14.6. The van der Waals surface area contributed by atoms with Gasteiger partial charge in [0.05, 0.1) is 5.92 Å². The second-order valence-corrected chi connectivity index (χ2v) is 5.36. The Morgan fingerprint density at radius 1 is 1.09 bits per heavy atom. The maximum atomic E-state index is 12.0. The number of para-hydroxylation sites is 1. The van der Waals surface area contributed by atoms with Crippen molar-refractivity contribution in [2.75, 3.05) is 11.5 Å². The highest BCUT2D eigenvalue weighted by Gasteiger charge is 2.27. The van der Waals surface area contributed by atoms with Crippen LogP contribution < -0.4 is 16.2 Å². The van der Waals surface area contributed by atoms with Gasteiger partial charge in [0.25, 0.3) is 0 Å². The van der Waals surface area contributed by atoms with Gasteiger partial charge in [0, 0.05) is 0 Å². The number of azo groups is 1. The van der Waals surface area contributed by atoms with Crippen molar-refractivity contribution in [2.45, 2.75) is 19.3 Å². The molecular formula is C16H17N5O2. The van der Waals surface area contributed by atoms with E-state index in [4.69, 9.17) is 16.2 Å². The van der Waals surface area contributed by atoms with Crippen LogP contribution in [0.4, 0.5) is 23.0 Å². The average Bonchev–Trinajstić information content (AvgIpc) is 2.46. The van der Waals surface area contributed by atoms with Crippen LogP contribution in [0.1, 0.15) is 19.3 Å². The molecule has 4 N–H and O–H groups in total. The lowest BCUT2D eigenvalue weighted by Crippen LogP contribution is -2.26. The Morgan fingerprint density at radius 2 is 1.83 bits per heavy atom. The summed E-state index contributed by atoms with van der Waals surface area (Å²) in [5, 5.41) is 8.16. The van der Waals surface area contributed by atoms with Gasteiger partial charge in [-0.3, -0.25) is 4.79 Å². The quantitative estimate of drug-likeness (QED) is 0.510. The zero-order chi connectivity index (χ0) is 16.2. The zero-order valence-electron chi connectivity index (χ0n) is 12.5. The van der Waals surface area contributed by atoms with Gasteiger partial charge in [-0.15, -0.1) is 10.2 Å². The predicted molar refractivity (Wildman–Crippen MR) is 86.7 cm³/mol. The molecule has 0 atom stereocenters. The van der Waals surface area contributed by atoms with Crippen LogP contribution in [0.25, 0.3) is 0 Å². The first-order valence-electron chi connectivity index (χ1n) is 7.38. The fourth-order valence-corrected chi connectivity index (χ4v) is 2.14. The predicted octanol–water partition coefficient (Wildman–Crippen LogP) is 3.37. The number of hydrogen-bond acceptors (Lipinski definition) is 7. The molecule has 7 nitrogen and oxygen atoms in total. The summed E-state index contributed by atoms with van der Waals surface area (Å²) in [5.41, 5.74) is 12.1. The maximum Gasteiger partial charge on any atom is 0.314 e. The maximum absolute atomic E-state index is 12.0. The third kappa shape index (κ3) is 3.45. The largest absolute Gasteiger partial charge is 0.424 e. The highest BCUT2D eigenvalue weighted by molar-refractivity contribution is 5.77. The fraction of sp³-hybridized carbons (Fsp3) is 0.250. The van der Waals surface area contributed by atoms with Gasteiger partial charge in [0.15, 0.2) is 11.6 Å². The second kappa shape index (κ2) is 6.43. The molecule has 1 aliphatic carbocycles. The summed E-state index contributed by atoms with van der Waals surface area (Å²) in [4.78, 5) is 15.9. The molecule has 1 heterocycles. The van der Waals surface area contributed by atoms with Crippen LogP contribution >= 0.6 is 0 Å². The number of rotatable bonds is 4. The van der Waals surface area contributed by atoms with Gasteiger partial charge >= 0.3 is 5.97 Å². The number of nitrogens with two attached hydrogens (primary N) is 2. The molecule has 0 aliphatic heterocycles. The molecule has 118 valence electrons. The number of esters is 1. The number of carbonyl (C=O) groups excluding carboxylic acids is 1. The second-order valence-electron chi connectivity index (χ2n) is 5.36. The number of anilines is 2. The molecule has 23 heavy (non-hydrogen) atoms. The molecule has 0 radical (unpaired) electrons. The van der Waals surface area contributed by atoms with Gasteiger partial charge in [0.2, 0.25) is 0 Å². The van der Waals surface area contributed by atoms with Gasteiger partial charge in [-0.1, -0.05) is 18.6 Å². The summed E-state index contributed by atoms with van der Waals surface area (Å²) in [6.07, 6.45) is 2.84. The average molecular weight is 311 g/mol. The first-order chi connectivity index (χ1) is 11.1. The third-order valence-corrected chi connectivity index (χ3v) is 3.70. The number of aromatic nitrogens is 1. The SMILES string of the molecule is Nc1ccc(N=Nc2ccccc2OC(=O)C2CCC2)c(N)n1. The summed E-state index contributed by atoms with van der Waals surface area (Å²) < 4.78 is 5.43. The van der Waals surface area contributed by atoms with Gasteiger partial charge in [-0.2, -0.15) is 0 Å². The van der Waals surface area contributed by atoms with Crippen LogP contribution in [0.15, 0.2) is 46.6 Å². The Balaban J connectivity index is 1.79. The van der Waals surface area contributed by atoms with E-state index in [-0.39, 0.29) is 17.7 Å². The number of carbonyl (C=O) groups is 1. The molecule has 0 bridgehead atoms. The molecule has 0 spiro atoms. The van der Waals surface area contributed by atoms with Crippen molar-refractivity contribution < 1.29 is 9.53 Å². The number of ether oxygens (including phenoxy) is 1. The van der Waals surface area contributed by atoms with Crippen LogP contribution in [0, 0.1) is 5.92 Å². The molecule has 1 saturated carbocycles. The van der Waals surface area contributed by atoms with Gasteiger partial charge in [-0.25, -0.2) is 4.98 Å². The van der Waals surface area contributed by atoms with Crippen LogP contribution in [0.5, 0.6) is 5.75 Å². The molecule has 1 fully saturated rings. The molecule has 0 saturated heterocycles. The Kier molecular flexibility index (Phi) is 4.18. The summed E-state index contributed by atoms with van der Waals surface area (Å²) in [7, 11) is 0. The molecule has 7 heteroatoms. The van der Waals surface area contributed by atoms with E-state index in [0.29, 0.717) is 22.9 Å². The molecule has 0 amide bonds. The van der Waals surface area contributed by atoms with Crippen molar-refractivity contribution in [3.8, 4) is 5.75 Å². The van der Waals surface area contributed by atoms with E-state index < -0.39 is 0 Å². The van der Waals surface area contributed by atoms with Crippen molar-refractivity contribution in [1.29, 1.82) is 0 Å². The van der Waals surface area contributed by atoms with E-state index in [1.54, 1.807) is 36.4 Å². The molecule has 3 rings (SSSR count). The van der Waals surface area contributed by atoms with E-state index in [1.165, 1.54) is 0 Å². The summed E-state index contributed by atoms with van der Waals surface area (Å²) in [6.45, 7) is 0. The molecule has 1 aliphatic rings. The van der Waals surface area contributed by atoms with E-state index in [2.05, 4.69) is 15.2 Å². The number of benzene rings is 1. The van der Waals surface area contributed by atoms with Crippen LogP contribution in [0.2, 0.25) is 0 Å². The van der Waals surface area contributed by atoms with Crippen LogP contribution in [-0.2, 0) is 4.79 Å². The summed E-state index contributed by atoms with van der Waals surface area (Å²) in [6, 6.07) is 10.2. The zero-order valence-corrected chi connectivity index (χ0v) is 12.5. The van der Waals surface area contributed by atoms with E-state index in [1.807, 2.05) is 0 Å². The standard InChI is InChI=1S/C16H17N5O2/c17-14-9-8-12(15(18)19-14)21-20-11-6-1-2-7-13(11)23-16(22)10-4-3-5-10/h1-2,6-10H,3-5H2,(H4,17,18,19). The monoisotopic (exact) mass is 311 g/mol. The Hall–Kier alpha value is -2.96. The van der Waals surface area contributed by atoms with Gasteiger partial charge < -0.3 is 16.2 Å². The minimum absolute atomic E-state index is 0.00284. The Bertz CT molecular complexity index is 756. The minimum atomic E-state index is -0.215. The van der Waals surface area contributed by atoms with Crippen LogP contribution in [-0.4, -0.2) is 11.0 Å². The van der Waals surface area contributed by atoms with Crippen molar-refractivity contribution in [3.63, 3.8) is 0 Å². The molecule has 1 aromatic carbocycles. The summed E-state index contributed by atoms with van der Waals surface area (Å²) >= 11 is 0. The van der Waals surface area contributed by atoms with Crippen molar-refractivity contribution in [3.05, 3.63) is 36.4 Å². The number of nitrogens with zero attached hydrogens (tertiary/aromatic N) is 3. The lowest BCUT2D eigenvalue weighted by molar-refractivity contribution is -0.141.